The summed E-state index contributed by atoms with van der Waals surface area (Å²) in [6, 6.07) is 21.4. The molecule has 4 aromatic rings. The molecule has 0 unspecified atom stereocenters. The topological polar surface area (TPSA) is 59.8 Å². The number of carbonyl (C=O) groups excluding carboxylic acids is 1. The molecule has 1 amide bonds. The molecular formula is C24H20ClFN4OS. The van der Waals surface area contributed by atoms with E-state index in [9.17, 15) is 9.18 Å². The normalized spacial score (nSPS) is 10.8. The Hall–Kier alpha value is -3.16. The summed E-state index contributed by atoms with van der Waals surface area (Å²) in [6.07, 6.45) is 0.555. The highest BCUT2D eigenvalue weighted by atomic mass is 35.5. The van der Waals surface area contributed by atoms with Crippen LogP contribution in [0.15, 0.2) is 78.0 Å². The fourth-order valence-electron chi connectivity index (χ4n) is 3.13. The lowest BCUT2D eigenvalue weighted by atomic mass is 10.1. The number of rotatable bonds is 7. The number of hydrogen-bond donors (Lipinski definition) is 1. The Morgan fingerprint density at radius 1 is 1.06 bits per heavy atom. The van der Waals surface area contributed by atoms with Gasteiger partial charge in [0, 0.05) is 22.8 Å². The van der Waals surface area contributed by atoms with Crippen molar-refractivity contribution in [3.8, 4) is 5.69 Å². The van der Waals surface area contributed by atoms with Crippen LogP contribution in [0.2, 0.25) is 5.02 Å². The van der Waals surface area contributed by atoms with Gasteiger partial charge in [0.25, 0.3) is 0 Å². The Balaban J connectivity index is 1.54. The van der Waals surface area contributed by atoms with Gasteiger partial charge in [0.1, 0.15) is 11.6 Å². The maximum atomic E-state index is 13.5. The lowest BCUT2D eigenvalue weighted by Gasteiger charge is -2.11. The fraction of sp³-hybridized carbons (Fsp3) is 0.125. The predicted octanol–water partition coefficient (Wildman–Crippen LogP) is 5.69. The van der Waals surface area contributed by atoms with Crippen molar-refractivity contribution in [3.63, 3.8) is 0 Å². The summed E-state index contributed by atoms with van der Waals surface area (Å²) in [6.45, 7) is 1.90. The maximum absolute atomic E-state index is 13.5. The van der Waals surface area contributed by atoms with E-state index in [-0.39, 0.29) is 17.5 Å². The zero-order chi connectivity index (χ0) is 22.5. The van der Waals surface area contributed by atoms with Gasteiger partial charge in [-0.25, -0.2) is 4.39 Å². The molecule has 0 aliphatic rings. The van der Waals surface area contributed by atoms with Crippen LogP contribution in [0.25, 0.3) is 5.69 Å². The Morgan fingerprint density at radius 2 is 1.81 bits per heavy atom. The Labute approximate surface area is 194 Å². The Bertz CT molecular complexity index is 1230. The number of hydrogen-bond acceptors (Lipinski definition) is 4. The second kappa shape index (κ2) is 9.97. The molecule has 0 radical (unpaired) electrons. The summed E-state index contributed by atoms with van der Waals surface area (Å²) in [5.41, 5.74) is 3.39. The third-order valence-electron chi connectivity index (χ3n) is 4.78. The van der Waals surface area contributed by atoms with E-state index >= 15 is 0 Å². The number of halogens is 2. The molecule has 0 atom stereocenters. The monoisotopic (exact) mass is 466 g/mol. The van der Waals surface area contributed by atoms with Gasteiger partial charge in [-0.15, -0.1) is 10.2 Å². The van der Waals surface area contributed by atoms with Crippen LogP contribution >= 0.6 is 23.4 Å². The number of nitrogens with zero attached hydrogens (tertiary/aromatic N) is 3. The van der Waals surface area contributed by atoms with Gasteiger partial charge in [-0.05, 0) is 54.4 Å². The first-order valence-corrected chi connectivity index (χ1v) is 11.3. The first kappa shape index (κ1) is 22.0. The van der Waals surface area contributed by atoms with E-state index in [2.05, 4.69) is 15.5 Å². The maximum Gasteiger partial charge on any atom is 0.234 e. The molecule has 0 aliphatic heterocycles. The van der Waals surface area contributed by atoms with Crippen molar-refractivity contribution >= 4 is 35.0 Å². The molecule has 3 aromatic carbocycles. The van der Waals surface area contributed by atoms with Crippen molar-refractivity contribution in [1.82, 2.24) is 14.8 Å². The number of nitrogens with one attached hydrogen (secondary N) is 1. The minimum Gasteiger partial charge on any atom is -0.325 e. The third kappa shape index (κ3) is 5.36. The average Bonchev–Trinajstić information content (AvgIpc) is 3.18. The van der Waals surface area contributed by atoms with E-state index < -0.39 is 0 Å². The van der Waals surface area contributed by atoms with E-state index in [4.69, 9.17) is 11.6 Å². The highest BCUT2D eigenvalue weighted by Crippen LogP contribution is 2.25. The molecular weight excluding hydrogens is 447 g/mol. The second-order valence-corrected chi connectivity index (χ2v) is 8.52. The van der Waals surface area contributed by atoms with Gasteiger partial charge in [-0.1, -0.05) is 59.8 Å². The van der Waals surface area contributed by atoms with Crippen LogP contribution in [0.1, 0.15) is 17.0 Å². The van der Waals surface area contributed by atoms with Gasteiger partial charge < -0.3 is 5.32 Å². The molecule has 8 heteroatoms. The van der Waals surface area contributed by atoms with Crippen molar-refractivity contribution in [2.75, 3.05) is 11.1 Å². The van der Waals surface area contributed by atoms with E-state index in [0.717, 1.165) is 16.8 Å². The summed E-state index contributed by atoms with van der Waals surface area (Å²) in [4.78, 5) is 12.5. The molecule has 162 valence electrons. The van der Waals surface area contributed by atoms with E-state index in [0.29, 0.717) is 28.1 Å². The molecule has 1 N–H and O–H groups in total. The second-order valence-electron chi connectivity index (χ2n) is 7.17. The summed E-state index contributed by atoms with van der Waals surface area (Å²) >= 11 is 7.40. The van der Waals surface area contributed by atoms with Crippen molar-refractivity contribution in [2.45, 2.75) is 18.5 Å². The van der Waals surface area contributed by atoms with Crippen molar-refractivity contribution in [2.24, 2.45) is 0 Å². The molecule has 1 aromatic heterocycles. The predicted molar refractivity (Wildman–Crippen MR) is 126 cm³/mol. The van der Waals surface area contributed by atoms with Crippen LogP contribution in [0, 0.1) is 12.7 Å². The number of amides is 1. The molecule has 5 nitrogen and oxygen atoms in total. The molecule has 0 saturated carbocycles. The van der Waals surface area contributed by atoms with Gasteiger partial charge in [-0.3, -0.25) is 9.36 Å². The molecule has 0 aliphatic carbocycles. The van der Waals surface area contributed by atoms with E-state index in [1.54, 1.807) is 18.2 Å². The molecule has 0 spiro atoms. The van der Waals surface area contributed by atoms with Crippen LogP contribution in [0.3, 0.4) is 0 Å². The number of benzene rings is 3. The van der Waals surface area contributed by atoms with Gasteiger partial charge in [-0.2, -0.15) is 0 Å². The lowest BCUT2D eigenvalue weighted by Crippen LogP contribution is -2.14. The zero-order valence-electron chi connectivity index (χ0n) is 17.3. The van der Waals surface area contributed by atoms with Crippen molar-refractivity contribution < 1.29 is 9.18 Å². The quantitative estimate of drug-likeness (QED) is 0.355. The SMILES string of the molecule is Cc1ccc(NC(=O)CSc2nnc(Cc3ccccc3)n2-c2ccc(F)cc2)cc1Cl. The van der Waals surface area contributed by atoms with Crippen LogP contribution in [0.5, 0.6) is 0 Å². The Morgan fingerprint density at radius 3 is 2.53 bits per heavy atom. The summed E-state index contributed by atoms with van der Waals surface area (Å²) in [5.74, 6) is 0.330. The first-order chi connectivity index (χ1) is 15.5. The van der Waals surface area contributed by atoms with E-state index in [1.807, 2.05) is 54.0 Å². The standard InChI is InChI=1S/C24H20ClFN4OS/c1-16-7-10-19(14-21(16)25)27-23(31)15-32-24-29-28-22(13-17-5-3-2-4-6-17)30(24)20-11-8-18(26)9-12-20/h2-12,14H,13,15H2,1H3,(H,27,31). The summed E-state index contributed by atoms with van der Waals surface area (Å²) in [7, 11) is 0. The number of aromatic nitrogens is 3. The Kier molecular flexibility index (Phi) is 6.87. The highest BCUT2D eigenvalue weighted by Gasteiger charge is 2.17. The van der Waals surface area contributed by atoms with Gasteiger partial charge >= 0.3 is 0 Å². The van der Waals surface area contributed by atoms with E-state index in [1.165, 1.54) is 23.9 Å². The molecule has 0 bridgehead atoms. The molecule has 32 heavy (non-hydrogen) atoms. The molecule has 4 rings (SSSR count). The molecule has 1 heterocycles. The minimum absolute atomic E-state index is 0.135. The van der Waals surface area contributed by atoms with Gasteiger partial charge in [0.15, 0.2) is 5.16 Å². The summed E-state index contributed by atoms with van der Waals surface area (Å²) < 4.78 is 15.3. The third-order valence-corrected chi connectivity index (χ3v) is 6.11. The number of anilines is 1. The first-order valence-electron chi connectivity index (χ1n) is 9.92. The van der Waals surface area contributed by atoms with Crippen LogP contribution in [-0.2, 0) is 11.2 Å². The highest BCUT2D eigenvalue weighted by molar-refractivity contribution is 7.99. The lowest BCUT2D eigenvalue weighted by molar-refractivity contribution is -0.113. The van der Waals surface area contributed by atoms with Crippen molar-refractivity contribution in [1.29, 1.82) is 0 Å². The fourth-order valence-corrected chi connectivity index (χ4v) is 4.09. The van der Waals surface area contributed by atoms with Crippen LogP contribution in [0.4, 0.5) is 10.1 Å². The summed E-state index contributed by atoms with van der Waals surface area (Å²) in [5, 5.41) is 12.6. The average molecular weight is 467 g/mol. The van der Waals surface area contributed by atoms with Crippen molar-refractivity contribution in [3.05, 3.63) is 101 Å². The van der Waals surface area contributed by atoms with Gasteiger partial charge in [0.05, 0.1) is 5.75 Å². The molecule has 0 fully saturated rings. The minimum atomic E-state index is -0.322. The number of thioether (sulfide) groups is 1. The number of carbonyl (C=O) groups is 1. The molecule has 0 saturated heterocycles. The largest absolute Gasteiger partial charge is 0.325 e. The number of aryl methyl sites for hydroxylation is 1. The van der Waals surface area contributed by atoms with Crippen LogP contribution in [-0.4, -0.2) is 26.4 Å². The smallest absolute Gasteiger partial charge is 0.234 e. The van der Waals surface area contributed by atoms with Gasteiger partial charge in [0.2, 0.25) is 5.91 Å². The zero-order valence-corrected chi connectivity index (χ0v) is 18.8. The van der Waals surface area contributed by atoms with Crippen LogP contribution < -0.4 is 5.32 Å².